The highest BCUT2D eigenvalue weighted by molar-refractivity contribution is 7.92. The number of ether oxygens (including phenoxy) is 1. The minimum Gasteiger partial charge on any atom is -0.493 e. The summed E-state index contributed by atoms with van der Waals surface area (Å²) in [6.45, 7) is 1.88. The van der Waals surface area contributed by atoms with Crippen molar-refractivity contribution in [1.82, 2.24) is 14.8 Å². The zero-order valence-electron chi connectivity index (χ0n) is 15.9. The van der Waals surface area contributed by atoms with Crippen molar-refractivity contribution in [1.29, 1.82) is 0 Å². The molecule has 158 valence electrons. The van der Waals surface area contributed by atoms with Crippen LogP contribution in [0.1, 0.15) is 18.4 Å². The van der Waals surface area contributed by atoms with E-state index in [0.717, 1.165) is 6.07 Å². The second-order valence-corrected chi connectivity index (χ2v) is 8.07. The normalized spacial score (nSPS) is 11.3. The van der Waals surface area contributed by atoms with E-state index in [0.29, 0.717) is 17.7 Å². The van der Waals surface area contributed by atoms with Crippen LogP contribution in [-0.4, -0.2) is 40.9 Å². The molecule has 0 saturated heterocycles. The van der Waals surface area contributed by atoms with E-state index < -0.39 is 21.8 Å². The van der Waals surface area contributed by atoms with Gasteiger partial charge in [-0.3, -0.25) is 9.52 Å². The number of hydrogen-bond donors (Lipinski definition) is 2. The van der Waals surface area contributed by atoms with E-state index in [4.69, 9.17) is 9.84 Å². The number of carboxylic acids is 1. The highest BCUT2D eigenvalue weighted by Crippen LogP contribution is 2.25. The summed E-state index contributed by atoms with van der Waals surface area (Å²) in [6.07, 6.45) is 2.92. The first-order valence-corrected chi connectivity index (χ1v) is 10.4. The van der Waals surface area contributed by atoms with E-state index in [9.17, 15) is 17.6 Å². The van der Waals surface area contributed by atoms with Gasteiger partial charge in [0.1, 0.15) is 24.1 Å². The molecular formula is C19H19FN4O5S. The maximum absolute atomic E-state index is 14.3. The van der Waals surface area contributed by atoms with Crippen molar-refractivity contribution in [2.45, 2.75) is 24.7 Å². The van der Waals surface area contributed by atoms with Gasteiger partial charge >= 0.3 is 5.97 Å². The molecule has 0 atom stereocenters. The lowest BCUT2D eigenvalue weighted by atomic mass is 10.2. The fourth-order valence-electron chi connectivity index (χ4n) is 2.66. The number of benzene rings is 2. The van der Waals surface area contributed by atoms with Gasteiger partial charge < -0.3 is 9.84 Å². The Kier molecular flexibility index (Phi) is 6.31. The summed E-state index contributed by atoms with van der Waals surface area (Å²) in [7, 11) is -3.96. The molecule has 0 spiro atoms. The molecule has 0 aliphatic heterocycles. The molecule has 9 nitrogen and oxygen atoms in total. The van der Waals surface area contributed by atoms with Crippen molar-refractivity contribution < 1.29 is 27.4 Å². The van der Waals surface area contributed by atoms with Crippen LogP contribution in [0.25, 0.3) is 5.69 Å². The van der Waals surface area contributed by atoms with Crippen LogP contribution in [0.15, 0.2) is 53.9 Å². The Morgan fingerprint density at radius 3 is 2.70 bits per heavy atom. The Morgan fingerprint density at radius 2 is 2.07 bits per heavy atom. The molecule has 3 rings (SSSR count). The number of carbonyl (C=O) groups is 1. The lowest BCUT2D eigenvalue weighted by Crippen LogP contribution is -2.14. The quantitative estimate of drug-likeness (QED) is 0.496. The van der Waals surface area contributed by atoms with Crippen molar-refractivity contribution in [2.24, 2.45) is 0 Å². The van der Waals surface area contributed by atoms with Crippen molar-refractivity contribution in [3.63, 3.8) is 0 Å². The summed E-state index contributed by atoms with van der Waals surface area (Å²) < 4.78 is 48.7. The number of nitrogens with zero attached hydrogens (tertiary/aromatic N) is 3. The average Bonchev–Trinajstić information content (AvgIpc) is 3.20. The van der Waals surface area contributed by atoms with Crippen molar-refractivity contribution in [3.8, 4) is 11.4 Å². The summed E-state index contributed by atoms with van der Waals surface area (Å²) in [6, 6.07) is 8.16. The molecule has 0 aliphatic rings. The summed E-state index contributed by atoms with van der Waals surface area (Å²) in [5.41, 5.74) is 0.764. The maximum Gasteiger partial charge on any atom is 0.303 e. The molecule has 0 amide bonds. The van der Waals surface area contributed by atoms with Gasteiger partial charge in [0.15, 0.2) is 5.82 Å². The van der Waals surface area contributed by atoms with Crippen LogP contribution in [0.3, 0.4) is 0 Å². The largest absolute Gasteiger partial charge is 0.493 e. The van der Waals surface area contributed by atoms with Gasteiger partial charge in [-0.2, -0.15) is 5.10 Å². The number of aromatic nitrogens is 3. The average molecular weight is 434 g/mol. The maximum atomic E-state index is 14.3. The molecule has 0 unspecified atom stereocenters. The fraction of sp³-hybridized carbons (Fsp3) is 0.211. The second kappa shape index (κ2) is 8.91. The molecule has 2 aromatic carbocycles. The van der Waals surface area contributed by atoms with Crippen molar-refractivity contribution in [2.75, 3.05) is 11.3 Å². The van der Waals surface area contributed by atoms with Gasteiger partial charge in [0.05, 0.1) is 17.2 Å². The van der Waals surface area contributed by atoms with E-state index in [2.05, 4.69) is 14.8 Å². The Labute approximate surface area is 172 Å². The third-order valence-electron chi connectivity index (χ3n) is 4.11. The number of hydrogen-bond acceptors (Lipinski definition) is 6. The molecule has 11 heteroatoms. The zero-order chi connectivity index (χ0) is 21.7. The topological polar surface area (TPSA) is 123 Å². The minimum absolute atomic E-state index is 0.0122. The first-order chi connectivity index (χ1) is 14.3. The van der Waals surface area contributed by atoms with E-state index in [1.165, 1.54) is 47.7 Å². The molecule has 0 saturated carbocycles. The lowest BCUT2D eigenvalue weighted by Gasteiger charge is -2.13. The van der Waals surface area contributed by atoms with Crippen molar-refractivity contribution >= 4 is 21.7 Å². The Morgan fingerprint density at radius 1 is 1.27 bits per heavy atom. The van der Waals surface area contributed by atoms with Gasteiger partial charge in [0.2, 0.25) is 0 Å². The molecular weight excluding hydrogens is 415 g/mol. The van der Waals surface area contributed by atoms with Crippen LogP contribution < -0.4 is 9.46 Å². The van der Waals surface area contributed by atoms with Gasteiger partial charge in [-0.05, 0) is 49.2 Å². The van der Waals surface area contributed by atoms with Crippen LogP contribution in [0.5, 0.6) is 5.75 Å². The molecule has 0 fully saturated rings. The lowest BCUT2D eigenvalue weighted by molar-refractivity contribution is -0.137. The van der Waals surface area contributed by atoms with Crippen LogP contribution >= 0.6 is 0 Å². The van der Waals surface area contributed by atoms with Crippen molar-refractivity contribution in [3.05, 3.63) is 60.4 Å². The monoisotopic (exact) mass is 434 g/mol. The Bertz CT molecular complexity index is 1150. The minimum atomic E-state index is -3.96. The predicted molar refractivity (Wildman–Crippen MR) is 106 cm³/mol. The van der Waals surface area contributed by atoms with E-state index in [1.807, 2.05) is 0 Å². The van der Waals surface area contributed by atoms with Crippen LogP contribution in [-0.2, 0) is 14.8 Å². The molecule has 2 N–H and O–H groups in total. The third kappa shape index (κ3) is 5.11. The highest BCUT2D eigenvalue weighted by Gasteiger charge is 2.17. The highest BCUT2D eigenvalue weighted by atomic mass is 32.2. The third-order valence-corrected chi connectivity index (χ3v) is 5.49. The van der Waals surface area contributed by atoms with Gasteiger partial charge in [-0.15, -0.1) is 0 Å². The van der Waals surface area contributed by atoms with Gasteiger partial charge in [-0.1, -0.05) is 0 Å². The van der Waals surface area contributed by atoms with E-state index in [1.54, 1.807) is 6.92 Å². The first kappa shape index (κ1) is 21.2. The number of anilines is 1. The molecule has 0 radical (unpaired) electrons. The summed E-state index contributed by atoms with van der Waals surface area (Å²) in [5, 5.41) is 12.5. The smallest absolute Gasteiger partial charge is 0.303 e. The van der Waals surface area contributed by atoms with Gasteiger partial charge in [-0.25, -0.2) is 22.5 Å². The summed E-state index contributed by atoms with van der Waals surface area (Å²) in [4.78, 5) is 14.3. The van der Waals surface area contributed by atoms with E-state index >= 15 is 0 Å². The van der Waals surface area contributed by atoms with E-state index in [-0.39, 0.29) is 29.3 Å². The number of nitrogens with one attached hydrogen (secondary N) is 1. The predicted octanol–water partition coefficient (Wildman–Crippen LogP) is 2.76. The number of aryl methyl sites for hydroxylation is 1. The molecule has 30 heavy (non-hydrogen) atoms. The molecule has 3 aromatic rings. The number of rotatable bonds is 9. The molecule has 0 aliphatic carbocycles. The first-order valence-electron chi connectivity index (χ1n) is 8.89. The number of halogens is 1. The van der Waals surface area contributed by atoms with Crippen LogP contribution in [0.4, 0.5) is 10.1 Å². The van der Waals surface area contributed by atoms with Gasteiger partial charge in [0.25, 0.3) is 10.0 Å². The van der Waals surface area contributed by atoms with Crippen LogP contribution in [0, 0.1) is 12.7 Å². The molecule has 1 heterocycles. The van der Waals surface area contributed by atoms with Crippen LogP contribution in [0.2, 0.25) is 0 Å². The second-order valence-electron chi connectivity index (χ2n) is 6.38. The Balaban J connectivity index is 1.72. The summed E-state index contributed by atoms with van der Waals surface area (Å²) >= 11 is 0. The summed E-state index contributed by atoms with van der Waals surface area (Å²) in [5.74, 6) is -1.11. The molecule has 1 aromatic heterocycles. The molecule has 0 bridgehead atoms. The fourth-order valence-corrected chi connectivity index (χ4v) is 3.79. The number of aliphatic carboxylic acids is 1. The number of sulfonamides is 1. The van der Waals surface area contributed by atoms with Gasteiger partial charge in [0, 0.05) is 12.5 Å². The standard InChI is InChI=1S/C19H19FN4O5S/c1-13-9-15(5-7-18(13)29-8-2-3-19(25)26)30(27,28)23-14-4-6-17(16(20)10-14)24-12-21-11-22-24/h4-7,9-12,23H,2-3,8H2,1H3,(H,25,26). The zero-order valence-corrected chi connectivity index (χ0v) is 16.8. The Hall–Kier alpha value is -3.47. The SMILES string of the molecule is Cc1cc(S(=O)(=O)Nc2ccc(-n3cncn3)c(F)c2)ccc1OCCCC(=O)O. The number of carboxylic acid groups (broad SMARTS) is 1.